The number of aromatic nitrogens is 2. The second-order valence-electron chi connectivity index (χ2n) is 7.47. The molecule has 1 N–H and O–H groups in total. The number of benzene rings is 1. The maximum Gasteiger partial charge on any atom is 0.338 e. The average Bonchev–Trinajstić information content (AvgIpc) is 3.15. The van der Waals surface area contributed by atoms with Crippen LogP contribution in [0.25, 0.3) is 11.4 Å². The molecule has 0 bridgehead atoms. The Balaban J connectivity index is 2.41. The van der Waals surface area contributed by atoms with Gasteiger partial charge in [0.15, 0.2) is 0 Å². The normalized spacial score (nSPS) is 13.3. The highest BCUT2D eigenvalue weighted by Gasteiger charge is 2.23. The molecule has 0 radical (unpaired) electrons. The third-order valence-corrected chi connectivity index (χ3v) is 5.49. The van der Waals surface area contributed by atoms with Crippen LogP contribution in [0.1, 0.15) is 107 Å². The summed E-state index contributed by atoms with van der Waals surface area (Å²) >= 11 is 0. The van der Waals surface area contributed by atoms with E-state index in [1.54, 1.807) is 0 Å². The van der Waals surface area contributed by atoms with E-state index in [4.69, 9.17) is 9.72 Å². The summed E-state index contributed by atoms with van der Waals surface area (Å²) in [7, 11) is 0. The van der Waals surface area contributed by atoms with Crippen LogP contribution in [0.3, 0.4) is 0 Å². The van der Waals surface area contributed by atoms with Crippen LogP contribution in [0.5, 0.6) is 0 Å². The number of carbonyl (C=O) groups is 1. The van der Waals surface area contributed by atoms with E-state index in [1.807, 2.05) is 31.2 Å². The van der Waals surface area contributed by atoms with Crippen LogP contribution in [-0.2, 0) is 4.74 Å². The van der Waals surface area contributed by atoms with Gasteiger partial charge in [-0.3, -0.25) is 0 Å². The Bertz CT molecular complexity index is 702. The SMILES string of the molecule is CCCC(CC)c1nc(-c2ccc(C(=O)OCC)cc2)[nH]c1C(CC)CCC. The Morgan fingerprint density at radius 2 is 1.57 bits per heavy atom. The van der Waals surface area contributed by atoms with Crippen LogP contribution in [0.4, 0.5) is 0 Å². The fraction of sp³-hybridized carbons (Fsp3) is 0.583. The van der Waals surface area contributed by atoms with Crippen LogP contribution in [-0.4, -0.2) is 22.5 Å². The zero-order valence-corrected chi connectivity index (χ0v) is 18.2. The minimum Gasteiger partial charge on any atom is -0.462 e. The van der Waals surface area contributed by atoms with Crippen molar-refractivity contribution in [3.63, 3.8) is 0 Å². The molecule has 0 aliphatic carbocycles. The Kier molecular flexibility index (Phi) is 8.75. The summed E-state index contributed by atoms with van der Waals surface area (Å²) in [6.07, 6.45) is 6.90. The molecular formula is C24H36N2O2. The Morgan fingerprint density at radius 3 is 2.11 bits per heavy atom. The molecule has 0 fully saturated rings. The quantitative estimate of drug-likeness (QED) is 0.431. The van der Waals surface area contributed by atoms with Crippen LogP contribution >= 0.6 is 0 Å². The highest BCUT2D eigenvalue weighted by atomic mass is 16.5. The summed E-state index contributed by atoms with van der Waals surface area (Å²) in [5.41, 5.74) is 4.15. The van der Waals surface area contributed by atoms with E-state index in [9.17, 15) is 4.79 Å². The lowest BCUT2D eigenvalue weighted by molar-refractivity contribution is 0.0526. The molecule has 0 aliphatic rings. The van der Waals surface area contributed by atoms with Gasteiger partial charge in [0.2, 0.25) is 0 Å². The fourth-order valence-corrected chi connectivity index (χ4v) is 3.92. The summed E-state index contributed by atoms with van der Waals surface area (Å²) in [6.45, 7) is 11.2. The first kappa shape index (κ1) is 22.2. The van der Waals surface area contributed by atoms with E-state index in [1.165, 1.54) is 30.7 Å². The van der Waals surface area contributed by atoms with Crippen LogP contribution in [0.2, 0.25) is 0 Å². The zero-order valence-electron chi connectivity index (χ0n) is 18.2. The average molecular weight is 385 g/mol. The lowest BCUT2D eigenvalue weighted by Crippen LogP contribution is -2.06. The minimum absolute atomic E-state index is 0.280. The van der Waals surface area contributed by atoms with Gasteiger partial charge in [-0.1, -0.05) is 52.7 Å². The highest BCUT2D eigenvalue weighted by molar-refractivity contribution is 5.89. The first-order valence-electron chi connectivity index (χ1n) is 11.0. The first-order chi connectivity index (χ1) is 13.6. The Morgan fingerprint density at radius 1 is 0.964 bits per heavy atom. The Labute approximate surface area is 170 Å². The molecule has 2 aromatic rings. The van der Waals surface area contributed by atoms with Crippen molar-refractivity contribution in [1.82, 2.24) is 9.97 Å². The van der Waals surface area contributed by atoms with Gasteiger partial charge in [0.25, 0.3) is 0 Å². The van der Waals surface area contributed by atoms with Crippen molar-refractivity contribution in [2.24, 2.45) is 0 Å². The van der Waals surface area contributed by atoms with E-state index in [0.29, 0.717) is 24.0 Å². The van der Waals surface area contributed by atoms with Gasteiger partial charge in [-0.2, -0.15) is 0 Å². The molecular weight excluding hydrogens is 348 g/mol. The second kappa shape index (κ2) is 11.0. The number of nitrogens with zero attached hydrogens (tertiary/aromatic N) is 1. The van der Waals surface area contributed by atoms with Crippen LogP contribution in [0, 0.1) is 0 Å². The van der Waals surface area contributed by atoms with Crippen molar-refractivity contribution in [2.45, 2.75) is 85.0 Å². The van der Waals surface area contributed by atoms with Gasteiger partial charge in [-0.25, -0.2) is 9.78 Å². The monoisotopic (exact) mass is 384 g/mol. The van der Waals surface area contributed by atoms with E-state index in [0.717, 1.165) is 30.7 Å². The molecule has 4 nitrogen and oxygen atoms in total. The number of nitrogens with one attached hydrogen (secondary N) is 1. The third-order valence-electron chi connectivity index (χ3n) is 5.49. The largest absolute Gasteiger partial charge is 0.462 e. The van der Waals surface area contributed by atoms with Crippen LogP contribution in [0.15, 0.2) is 24.3 Å². The summed E-state index contributed by atoms with van der Waals surface area (Å²) < 4.78 is 5.08. The molecule has 1 aromatic carbocycles. The van der Waals surface area contributed by atoms with E-state index in [-0.39, 0.29) is 5.97 Å². The molecule has 154 valence electrons. The predicted molar refractivity (Wildman–Crippen MR) is 116 cm³/mol. The fourth-order valence-electron chi connectivity index (χ4n) is 3.92. The van der Waals surface area contributed by atoms with E-state index in [2.05, 4.69) is 32.7 Å². The third kappa shape index (κ3) is 5.24. The van der Waals surface area contributed by atoms with Crippen molar-refractivity contribution < 1.29 is 9.53 Å². The lowest BCUT2D eigenvalue weighted by atomic mass is 9.88. The van der Waals surface area contributed by atoms with Crippen molar-refractivity contribution >= 4 is 5.97 Å². The number of ether oxygens (including phenoxy) is 1. The molecule has 0 saturated carbocycles. The van der Waals surface area contributed by atoms with Crippen molar-refractivity contribution in [2.75, 3.05) is 6.61 Å². The van der Waals surface area contributed by atoms with Gasteiger partial charge >= 0.3 is 5.97 Å². The van der Waals surface area contributed by atoms with Gasteiger partial charge in [0.05, 0.1) is 17.9 Å². The molecule has 28 heavy (non-hydrogen) atoms. The molecule has 0 aliphatic heterocycles. The molecule has 0 saturated heterocycles. The number of aromatic amines is 1. The Hall–Kier alpha value is -2.10. The minimum atomic E-state index is -0.280. The predicted octanol–water partition coefficient (Wildman–Crippen LogP) is 6.84. The van der Waals surface area contributed by atoms with Gasteiger partial charge in [0.1, 0.15) is 5.82 Å². The second-order valence-corrected chi connectivity index (χ2v) is 7.47. The number of rotatable bonds is 11. The van der Waals surface area contributed by atoms with Crippen molar-refractivity contribution in [3.05, 3.63) is 41.2 Å². The van der Waals surface area contributed by atoms with Crippen molar-refractivity contribution in [1.29, 1.82) is 0 Å². The lowest BCUT2D eigenvalue weighted by Gasteiger charge is -2.18. The number of hydrogen-bond donors (Lipinski definition) is 1. The smallest absolute Gasteiger partial charge is 0.338 e. The summed E-state index contributed by atoms with van der Waals surface area (Å²) in [4.78, 5) is 20.6. The number of esters is 1. The summed E-state index contributed by atoms with van der Waals surface area (Å²) in [5.74, 6) is 1.64. The maximum atomic E-state index is 11.9. The summed E-state index contributed by atoms with van der Waals surface area (Å²) in [5, 5.41) is 0. The van der Waals surface area contributed by atoms with Gasteiger partial charge < -0.3 is 9.72 Å². The van der Waals surface area contributed by atoms with E-state index >= 15 is 0 Å². The first-order valence-corrected chi connectivity index (χ1v) is 11.0. The number of hydrogen-bond acceptors (Lipinski definition) is 3. The molecule has 1 heterocycles. The molecule has 0 spiro atoms. The summed E-state index contributed by atoms with van der Waals surface area (Å²) in [6, 6.07) is 7.56. The molecule has 2 atom stereocenters. The standard InChI is InChI=1S/C24H36N2O2/c1-6-11-17(8-3)21-22(18(9-4)12-7-2)26-23(25-21)19-13-15-20(16-14-19)24(27)28-10-5/h13-18H,6-12H2,1-5H3,(H,25,26). The highest BCUT2D eigenvalue weighted by Crippen LogP contribution is 2.35. The molecule has 2 unspecified atom stereocenters. The zero-order chi connectivity index (χ0) is 20.5. The van der Waals surface area contributed by atoms with Crippen molar-refractivity contribution in [3.8, 4) is 11.4 Å². The molecule has 2 rings (SSSR count). The van der Waals surface area contributed by atoms with Gasteiger partial charge in [-0.05, 0) is 44.7 Å². The maximum absolute atomic E-state index is 11.9. The number of carbonyl (C=O) groups excluding carboxylic acids is 1. The molecule has 4 heteroatoms. The molecule has 1 aromatic heterocycles. The molecule has 0 amide bonds. The number of H-pyrrole nitrogens is 1. The van der Waals surface area contributed by atoms with Crippen LogP contribution < -0.4 is 0 Å². The number of imidazole rings is 1. The van der Waals surface area contributed by atoms with Gasteiger partial charge in [0, 0.05) is 23.1 Å². The van der Waals surface area contributed by atoms with E-state index < -0.39 is 0 Å². The topological polar surface area (TPSA) is 55.0 Å². The van der Waals surface area contributed by atoms with Gasteiger partial charge in [-0.15, -0.1) is 0 Å².